The highest BCUT2D eigenvalue weighted by Crippen LogP contribution is 2.47. The van der Waals surface area contributed by atoms with E-state index >= 15 is 0 Å². The van der Waals surface area contributed by atoms with Gasteiger partial charge in [-0.15, -0.1) is 0 Å². The van der Waals surface area contributed by atoms with E-state index in [0.717, 1.165) is 77.6 Å². The second kappa shape index (κ2) is 12.6. The van der Waals surface area contributed by atoms with Crippen LogP contribution >= 0.6 is 0 Å². The van der Waals surface area contributed by atoms with Crippen molar-refractivity contribution < 1.29 is 8.83 Å². The van der Waals surface area contributed by atoms with Gasteiger partial charge in [0.1, 0.15) is 16.7 Å². The molecule has 9 aromatic carbocycles. The topological polar surface area (TPSA) is 29.5 Å². The van der Waals surface area contributed by atoms with Crippen LogP contribution in [-0.4, -0.2) is 0 Å². The van der Waals surface area contributed by atoms with E-state index in [1.807, 2.05) is 12.1 Å². The Labute approximate surface area is 317 Å². The number of nitrogens with zero attached hydrogens (tertiary/aromatic N) is 1. The first-order chi connectivity index (χ1) is 27.3. The van der Waals surface area contributed by atoms with E-state index in [9.17, 15) is 0 Å². The molecule has 55 heavy (non-hydrogen) atoms. The Hall–Kier alpha value is -7.36. The van der Waals surface area contributed by atoms with Crippen molar-refractivity contribution in [2.24, 2.45) is 0 Å². The molecular formula is C52H33NO2. The van der Waals surface area contributed by atoms with Crippen LogP contribution in [0.2, 0.25) is 0 Å². The molecule has 0 N–H and O–H groups in total. The molecule has 0 saturated carbocycles. The number of anilines is 3. The molecule has 0 fully saturated rings. The first kappa shape index (κ1) is 31.2. The molecule has 0 unspecified atom stereocenters. The van der Waals surface area contributed by atoms with Gasteiger partial charge < -0.3 is 13.7 Å². The van der Waals surface area contributed by atoms with Crippen LogP contribution in [0.4, 0.5) is 17.1 Å². The van der Waals surface area contributed by atoms with Gasteiger partial charge in [-0.1, -0.05) is 158 Å². The van der Waals surface area contributed by atoms with Gasteiger partial charge >= 0.3 is 0 Å². The molecule has 2 heterocycles. The van der Waals surface area contributed by atoms with Crippen molar-refractivity contribution in [1.29, 1.82) is 0 Å². The Morgan fingerprint density at radius 2 is 0.909 bits per heavy atom. The van der Waals surface area contributed by atoms with Crippen molar-refractivity contribution >= 4 is 71.7 Å². The minimum atomic E-state index is 0.840. The van der Waals surface area contributed by atoms with E-state index in [1.54, 1.807) is 0 Å². The second-order valence-corrected chi connectivity index (χ2v) is 14.1. The molecule has 0 bridgehead atoms. The minimum Gasteiger partial charge on any atom is -0.455 e. The lowest BCUT2D eigenvalue weighted by molar-refractivity contribution is 0.669. The zero-order valence-electron chi connectivity index (χ0n) is 29.8. The van der Waals surface area contributed by atoms with Gasteiger partial charge in [0.2, 0.25) is 0 Å². The molecule has 258 valence electrons. The highest BCUT2D eigenvalue weighted by atomic mass is 16.3. The summed E-state index contributed by atoms with van der Waals surface area (Å²) in [6.45, 7) is 0. The Kier molecular flexibility index (Phi) is 7.17. The average Bonchev–Trinajstić information content (AvgIpc) is 3.84. The Morgan fingerprint density at radius 3 is 1.65 bits per heavy atom. The van der Waals surface area contributed by atoms with Crippen molar-refractivity contribution in [2.75, 3.05) is 4.90 Å². The summed E-state index contributed by atoms with van der Waals surface area (Å²) in [5.41, 5.74) is 13.2. The summed E-state index contributed by atoms with van der Waals surface area (Å²) in [6.07, 6.45) is 0. The molecule has 11 rings (SSSR count). The molecule has 0 aliphatic heterocycles. The molecule has 0 aliphatic carbocycles. The third-order valence-electron chi connectivity index (χ3n) is 10.9. The van der Waals surface area contributed by atoms with Gasteiger partial charge in [0.25, 0.3) is 0 Å². The van der Waals surface area contributed by atoms with Gasteiger partial charge in [-0.2, -0.15) is 0 Å². The van der Waals surface area contributed by atoms with Gasteiger partial charge in [0.15, 0.2) is 5.58 Å². The molecule has 0 radical (unpaired) electrons. The molecule has 3 nitrogen and oxygen atoms in total. The lowest BCUT2D eigenvalue weighted by Crippen LogP contribution is -2.10. The molecule has 3 heteroatoms. The third-order valence-corrected chi connectivity index (χ3v) is 10.9. The Morgan fingerprint density at radius 1 is 0.327 bits per heavy atom. The minimum absolute atomic E-state index is 0.840. The summed E-state index contributed by atoms with van der Waals surface area (Å²) < 4.78 is 13.6. The van der Waals surface area contributed by atoms with Crippen LogP contribution in [0.1, 0.15) is 0 Å². The number of fused-ring (bicyclic) bond motifs is 8. The van der Waals surface area contributed by atoms with Crippen LogP contribution in [-0.2, 0) is 0 Å². The van der Waals surface area contributed by atoms with Crippen LogP contribution in [0.3, 0.4) is 0 Å². The molecule has 11 aromatic rings. The van der Waals surface area contributed by atoms with Crippen LogP contribution in [0.15, 0.2) is 209 Å². The number of rotatable bonds is 6. The number of para-hydroxylation sites is 2. The number of hydrogen-bond donors (Lipinski definition) is 0. The lowest BCUT2D eigenvalue weighted by atomic mass is 9.96. The van der Waals surface area contributed by atoms with E-state index in [1.165, 1.54) is 27.5 Å². The van der Waals surface area contributed by atoms with Crippen LogP contribution in [0.5, 0.6) is 0 Å². The third kappa shape index (κ3) is 5.20. The predicted octanol–water partition coefficient (Wildman–Crippen LogP) is 15.1. The second-order valence-electron chi connectivity index (χ2n) is 14.1. The van der Waals surface area contributed by atoms with Crippen LogP contribution < -0.4 is 4.90 Å². The summed E-state index contributed by atoms with van der Waals surface area (Å²) in [5, 5.41) is 6.70. The first-order valence-electron chi connectivity index (χ1n) is 18.7. The molecule has 2 aromatic heterocycles. The average molecular weight is 704 g/mol. The van der Waals surface area contributed by atoms with Crippen molar-refractivity contribution in [2.45, 2.75) is 0 Å². The number of hydrogen-bond acceptors (Lipinski definition) is 3. The standard InChI is InChI=1S/C52H33NO2/c1-3-12-34(13-4-1)36-22-24-39(25-23-36)45-32-41(33-46-50-42-17-8-7-16-38(42)28-31-49(50)55-51(45)46)53(40-29-26-37(27-30-40)35-14-5-2-6-15-35)47-20-11-19-44-43-18-9-10-21-48(43)54-52(44)47/h1-33H. The number of benzene rings is 9. The number of furan rings is 2. The monoisotopic (exact) mass is 703 g/mol. The molecule has 0 saturated heterocycles. The van der Waals surface area contributed by atoms with Crippen molar-refractivity contribution in [3.63, 3.8) is 0 Å². The van der Waals surface area contributed by atoms with Gasteiger partial charge in [-0.05, 0) is 81.1 Å². The van der Waals surface area contributed by atoms with E-state index in [0.29, 0.717) is 0 Å². The van der Waals surface area contributed by atoms with E-state index < -0.39 is 0 Å². The summed E-state index contributed by atoms with van der Waals surface area (Å²) in [5.74, 6) is 0. The van der Waals surface area contributed by atoms with E-state index in [-0.39, 0.29) is 0 Å². The van der Waals surface area contributed by atoms with Crippen molar-refractivity contribution in [3.8, 4) is 33.4 Å². The fraction of sp³-hybridized carbons (Fsp3) is 0. The van der Waals surface area contributed by atoms with Crippen LogP contribution in [0, 0.1) is 0 Å². The SMILES string of the molecule is c1ccc(-c2ccc(-c3cc(N(c4ccc(-c5ccccc5)cc4)c4cccc5c4oc4ccccc45)cc4c3oc3ccc5ccccc5c34)cc2)cc1. The van der Waals surface area contributed by atoms with E-state index in [2.05, 4.69) is 193 Å². The van der Waals surface area contributed by atoms with Crippen molar-refractivity contribution in [1.82, 2.24) is 0 Å². The molecule has 0 aliphatic rings. The molecule has 0 atom stereocenters. The normalized spacial score (nSPS) is 11.6. The van der Waals surface area contributed by atoms with Crippen molar-refractivity contribution in [3.05, 3.63) is 200 Å². The summed E-state index contributed by atoms with van der Waals surface area (Å²) >= 11 is 0. The predicted molar refractivity (Wildman–Crippen MR) is 229 cm³/mol. The Bertz CT molecular complexity index is 3180. The summed E-state index contributed by atoms with van der Waals surface area (Å²) in [6, 6.07) is 70.8. The van der Waals surface area contributed by atoms with Gasteiger partial charge in [0, 0.05) is 38.5 Å². The maximum atomic E-state index is 6.84. The zero-order valence-corrected chi connectivity index (χ0v) is 29.8. The highest BCUT2D eigenvalue weighted by Gasteiger charge is 2.23. The first-order valence-corrected chi connectivity index (χ1v) is 18.7. The van der Waals surface area contributed by atoms with E-state index in [4.69, 9.17) is 8.83 Å². The van der Waals surface area contributed by atoms with Gasteiger partial charge in [-0.25, -0.2) is 0 Å². The summed E-state index contributed by atoms with van der Waals surface area (Å²) in [7, 11) is 0. The molecule has 0 spiro atoms. The summed E-state index contributed by atoms with van der Waals surface area (Å²) in [4.78, 5) is 2.34. The largest absolute Gasteiger partial charge is 0.455 e. The Balaban J connectivity index is 1.20. The fourth-order valence-electron chi connectivity index (χ4n) is 8.22. The smallest absolute Gasteiger partial charge is 0.159 e. The zero-order chi connectivity index (χ0) is 36.3. The maximum absolute atomic E-state index is 6.84. The maximum Gasteiger partial charge on any atom is 0.159 e. The van der Waals surface area contributed by atoms with Gasteiger partial charge in [-0.3, -0.25) is 0 Å². The highest BCUT2D eigenvalue weighted by molar-refractivity contribution is 6.22. The fourth-order valence-corrected chi connectivity index (χ4v) is 8.22. The lowest BCUT2D eigenvalue weighted by Gasteiger charge is -2.26. The molecule has 0 amide bonds. The molecular weight excluding hydrogens is 671 g/mol. The van der Waals surface area contributed by atoms with Crippen LogP contribution in [0.25, 0.3) is 88.0 Å². The van der Waals surface area contributed by atoms with Gasteiger partial charge in [0.05, 0.1) is 5.69 Å². The quantitative estimate of drug-likeness (QED) is 0.173.